The van der Waals surface area contributed by atoms with Gasteiger partial charge in [-0.3, -0.25) is 0 Å². The van der Waals surface area contributed by atoms with E-state index in [1.54, 1.807) is 0 Å². The van der Waals surface area contributed by atoms with Crippen LogP contribution < -0.4 is 10.6 Å². The molecule has 0 aliphatic heterocycles. The van der Waals surface area contributed by atoms with E-state index in [0.717, 1.165) is 24.3 Å². The second-order valence-corrected chi connectivity index (χ2v) is 6.15. The summed E-state index contributed by atoms with van der Waals surface area (Å²) in [7, 11) is -3.46. The van der Waals surface area contributed by atoms with Crippen molar-refractivity contribution in [3.05, 3.63) is 59.7 Å². The maximum atomic E-state index is 12.9. The first-order valence-electron chi connectivity index (χ1n) is 5.99. The highest BCUT2D eigenvalue weighted by molar-refractivity contribution is 7.61. The Morgan fingerprint density at radius 1 is 0.636 bits per heavy atom. The lowest BCUT2D eigenvalue weighted by Crippen LogP contribution is -2.23. The van der Waals surface area contributed by atoms with Crippen LogP contribution in [0.4, 0.5) is 26.3 Å². The van der Waals surface area contributed by atoms with Gasteiger partial charge in [0.15, 0.2) is 0 Å². The summed E-state index contributed by atoms with van der Waals surface area (Å²) in [5.74, 6) is 0. The molecule has 0 atom stereocenters. The van der Waals surface area contributed by atoms with Crippen molar-refractivity contribution in [2.24, 2.45) is 0 Å². The Morgan fingerprint density at radius 3 is 1.27 bits per heavy atom. The molecule has 0 saturated carbocycles. The third-order valence-corrected chi connectivity index (χ3v) is 4.80. The van der Waals surface area contributed by atoms with Crippen molar-refractivity contribution in [2.75, 3.05) is 0 Å². The lowest BCUT2D eigenvalue weighted by atomic mass is 10.2. The molecule has 0 fully saturated rings. The summed E-state index contributed by atoms with van der Waals surface area (Å²) in [6, 6.07) is 7.90. The Kier molecular flexibility index (Phi) is 4.38. The van der Waals surface area contributed by atoms with Crippen LogP contribution in [0.3, 0.4) is 0 Å². The highest BCUT2D eigenvalue weighted by atomic mass is 31.1. The minimum Gasteiger partial charge on any atom is -0.317 e. The number of halogens is 6. The SMILES string of the molecule is O=[PH](c1ccccc1C(F)(F)F)c1ccccc1C(F)(F)F. The molecule has 0 spiro atoms. The maximum Gasteiger partial charge on any atom is 0.417 e. The van der Waals surface area contributed by atoms with Gasteiger partial charge in [0.1, 0.15) is 7.80 Å². The molecule has 0 aromatic heterocycles. The second kappa shape index (κ2) is 5.80. The molecule has 0 amide bonds. The average molecular weight is 338 g/mol. The van der Waals surface area contributed by atoms with Gasteiger partial charge in [0.25, 0.3) is 0 Å². The van der Waals surface area contributed by atoms with Gasteiger partial charge in [0.05, 0.1) is 11.1 Å². The van der Waals surface area contributed by atoms with Gasteiger partial charge in [0.2, 0.25) is 0 Å². The zero-order chi connectivity index (χ0) is 16.5. The highest BCUT2D eigenvalue weighted by Gasteiger charge is 2.38. The Labute approximate surface area is 122 Å². The van der Waals surface area contributed by atoms with Crippen LogP contribution in [0.15, 0.2) is 48.5 Å². The van der Waals surface area contributed by atoms with Gasteiger partial charge in [-0.2, -0.15) is 26.3 Å². The smallest absolute Gasteiger partial charge is 0.317 e. The van der Waals surface area contributed by atoms with Gasteiger partial charge in [0, 0.05) is 10.6 Å². The van der Waals surface area contributed by atoms with E-state index in [0.29, 0.717) is 12.1 Å². The molecule has 2 aromatic carbocycles. The van der Waals surface area contributed by atoms with Crippen LogP contribution in [0, 0.1) is 0 Å². The second-order valence-electron chi connectivity index (χ2n) is 4.42. The van der Waals surface area contributed by atoms with E-state index < -0.39 is 41.9 Å². The number of hydrogen-bond acceptors (Lipinski definition) is 1. The fourth-order valence-corrected chi connectivity index (χ4v) is 3.73. The van der Waals surface area contributed by atoms with Gasteiger partial charge in [-0.05, 0) is 12.1 Å². The van der Waals surface area contributed by atoms with Gasteiger partial charge in [-0.15, -0.1) is 0 Å². The summed E-state index contributed by atoms with van der Waals surface area (Å²) in [6.07, 6.45) is -9.58. The van der Waals surface area contributed by atoms with Crippen LogP contribution in [-0.2, 0) is 16.9 Å². The summed E-state index contributed by atoms with van der Waals surface area (Å²) in [5, 5.41) is -1.26. The molecule has 0 heterocycles. The van der Waals surface area contributed by atoms with E-state index in [1.807, 2.05) is 0 Å². The molecule has 0 aliphatic rings. The number of hydrogen-bond donors (Lipinski definition) is 0. The molecule has 2 rings (SSSR count). The zero-order valence-electron chi connectivity index (χ0n) is 10.8. The van der Waals surface area contributed by atoms with Crippen molar-refractivity contribution >= 4 is 18.4 Å². The minimum absolute atomic E-state index is 0.628. The van der Waals surface area contributed by atoms with Crippen molar-refractivity contribution in [1.29, 1.82) is 0 Å². The van der Waals surface area contributed by atoms with Crippen LogP contribution in [0.1, 0.15) is 11.1 Å². The van der Waals surface area contributed by atoms with E-state index in [-0.39, 0.29) is 0 Å². The summed E-state index contributed by atoms with van der Waals surface area (Å²) in [6.45, 7) is 0. The molecule has 0 aliphatic carbocycles. The molecule has 22 heavy (non-hydrogen) atoms. The molecule has 0 unspecified atom stereocenters. The van der Waals surface area contributed by atoms with Gasteiger partial charge in [-0.1, -0.05) is 36.4 Å². The van der Waals surface area contributed by atoms with Crippen LogP contribution in [0.2, 0.25) is 0 Å². The molecular formula is C14H9F6OP. The van der Waals surface area contributed by atoms with Crippen LogP contribution in [0.25, 0.3) is 0 Å². The maximum absolute atomic E-state index is 12.9. The molecule has 0 saturated heterocycles. The topological polar surface area (TPSA) is 17.1 Å². The predicted molar refractivity (Wildman–Crippen MR) is 71.2 cm³/mol. The Bertz CT molecular complexity index is 645. The standard InChI is InChI=1S/C14H9F6OP/c15-13(16,17)9-5-1-3-7-11(9)22(21)12-8-4-2-6-10(12)14(18,19)20/h1-8,22H. The summed E-state index contributed by atoms with van der Waals surface area (Å²) >= 11 is 0. The van der Waals surface area contributed by atoms with Crippen molar-refractivity contribution in [1.82, 2.24) is 0 Å². The molecule has 0 radical (unpaired) electrons. The highest BCUT2D eigenvalue weighted by Crippen LogP contribution is 2.36. The van der Waals surface area contributed by atoms with Crippen molar-refractivity contribution in [3.63, 3.8) is 0 Å². The minimum atomic E-state index is -4.79. The third-order valence-electron chi connectivity index (χ3n) is 2.95. The quantitative estimate of drug-likeness (QED) is 0.591. The number of rotatable bonds is 2. The van der Waals surface area contributed by atoms with E-state index in [1.165, 1.54) is 12.1 Å². The normalized spacial score (nSPS) is 12.7. The first-order chi connectivity index (χ1) is 10.1. The number of benzene rings is 2. The summed E-state index contributed by atoms with van der Waals surface area (Å²) < 4.78 is 89.9. The van der Waals surface area contributed by atoms with E-state index >= 15 is 0 Å². The van der Waals surface area contributed by atoms with Crippen molar-refractivity contribution in [3.8, 4) is 0 Å². The van der Waals surface area contributed by atoms with Gasteiger partial charge < -0.3 is 4.57 Å². The third kappa shape index (κ3) is 3.35. The van der Waals surface area contributed by atoms with Crippen LogP contribution in [0.5, 0.6) is 0 Å². The van der Waals surface area contributed by atoms with Crippen molar-refractivity contribution < 1.29 is 30.9 Å². The Hall–Kier alpha value is -1.75. The molecule has 0 bridgehead atoms. The van der Waals surface area contributed by atoms with Crippen molar-refractivity contribution in [2.45, 2.75) is 12.4 Å². The zero-order valence-corrected chi connectivity index (χ0v) is 11.8. The monoisotopic (exact) mass is 338 g/mol. The largest absolute Gasteiger partial charge is 0.417 e. The molecule has 1 nitrogen and oxygen atoms in total. The van der Waals surface area contributed by atoms with Gasteiger partial charge in [-0.25, -0.2) is 0 Å². The lowest BCUT2D eigenvalue weighted by molar-refractivity contribution is -0.137. The van der Waals surface area contributed by atoms with E-state index in [4.69, 9.17) is 0 Å². The van der Waals surface area contributed by atoms with E-state index in [9.17, 15) is 30.9 Å². The van der Waals surface area contributed by atoms with E-state index in [2.05, 4.69) is 0 Å². The first kappa shape index (κ1) is 16.6. The predicted octanol–water partition coefficient (Wildman–Crippen LogP) is 4.23. The number of alkyl halides is 6. The fraction of sp³-hybridized carbons (Fsp3) is 0.143. The molecule has 2 aromatic rings. The average Bonchev–Trinajstić information content (AvgIpc) is 2.45. The summed E-state index contributed by atoms with van der Waals surface area (Å²) in [5.41, 5.74) is -2.37. The molecule has 118 valence electrons. The molecular weight excluding hydrogens is 329 g/mol. The Morgan fingerprint density at radius 2 is 0.955 bits per heavy atom. The van der Waals surface area contributed by atoms with Gasteiger partial charge >= 0.3 is 12.4 Å². The fourth-order valence-electron chi connectivity index (χ4n) is 2.00. The summed E-state index contributed by atoms with van der Waals surface area (Å²) in [4.78, 5) is 0. The van der Waals surface area contributed by atoms with Crippen LogP contribution >= 0.6 is 7.80 Å². The Balaban J connectivity index is 2.61. The van der Waals surface area contributed by atoms with Crippen LogP contribution in [-0.4, -0.2) is 0 Å². The first-order valence-corrected chi connectivity index (χ1v) is 7.40. The molecule has 0 N–H and O–H groups in total. The lowest BCUT2D eigenvalue weighted by Gasteiger charge is -2.16. The molecule has 8 heteroatoms.